The molecule has 0 saturated heterocycles. The summed E-state index contributed by atoms with van der Waals surface area (Å²) >= 11 is 3.35. The molecule has 3 nitrogen and oxygen atoms in total. The van der Waals surface area contributed by atoms with Gasteiger partial charge in [0.25, 0.3) is 6.43 Å². The van der Waals surface area contributed by atoms with Crippen molar-refractivity contribution in [2.75, 3.05) is 32.9 Å². The first-order chi connectivity index (χ1) is 8.68. The lowest BCUT2D eigenvalue weighted by Gasteiger charge is -2.08. The third-order valence-corrected chi connectivity index (χ3v) is 2.50. The maximum atomic E-state index is 11.7. The molecule has 1 rings (SSSR count). The highest BCUT2D eigenvalue weighted by Gasteiger charge is 2.00. The molecule has 0 atom stereocenters. The van der Waals surface area contributed by atoms with Crippen LogP contribution in [0.3, 0.4) is 0 Å². The van der Waals surface area contributed by atoms with Crippen molar-refractivity contribution >= 4 is 15.9 Å². The molecule has 0 aliphatic rings. The summed E-state index contributed by atoms with van der Waals surface area (Å²) in [5, 5.41) is 3.04. The molecule has 0 bridgehead atoms. The first-order valence-electron chi connectivity index (χ1n) is 5.63. The van der Waals surface area contributed by atoms with Crippen molar-refractivity contribution < 1.29 is 18.3 Å². The minimum atomic E-state index is -2.40. The average Bonchev–Trinajstić information content (AvgIpc) is 2.32. The second-order valence-electron chi connectivity index (χ2n) is 3.52. The van der Waals surface area contributed by atoms with Gasteiger partial charge in [0.1, 0.15) is 19.0 Å². The van der Waals surface area contributed by atoms with Crippen LogP contribution in [0.2, 0.25) is 0 Å². The van der Waals surface area contributed by atoms with E-state index in [-0.39, 0.29) is 6.61 Å². The van der Waals surface area contributed by atoms with Crippen LogP contribution in [0.25, 0.3) is 0 Å². The molecule has 18 heavy (non-hydrogen) atoms. The summed E-state index contributed by atoms with van der Waals surface area (Å²) in [5.74, 6) is 0.792. The number of hydrogen-bond acceptors (Lipinski definition) is 3. The lowest BCUT2D eigenvalue weighted by atomic mass is 10.3. The molecule has 0 radical (unpaired) electrons. The van der Waals surface area contributed by atoms with E-state index in [0.717, 1.165) is 10.2 Å². The molecule has 102 valence electrons. The standard InChI is InChI=1S/C12H16BrF2NO2/c13-10-2-1-3-11(8-10)18-7-5-16-4-6-17-9-12(14)15/h1-3,8,12,16H,4-7,9H2. The fraction of sp³-hybridized carbons (Fsp3) is 0.500. The number of ether oxygens (including phenoxy) is 2. The van der Waals surface area contributed by atoms with Crippen molar-refractivity contribution in [3.05, 3.63) is 28.7 Å². The SMILES string of the molecule is FC(F)COCCNCCOc1cccc(Br)c1. The summed E-state index contributed by atoms with van der Waals surface area (Å²) in [6.45, 7) is 1.47. The maximum absolute atomic E-state index is 11.7. The molecule has 0 spiro atoms. The molecule has 0 unspecified atom stereocenters. The molecule has 0 aliphatic heterocycles. The molecule has 0 aromatic heterocycles. The van der Waals surface area contributed by atoms with E-state index >= 15 is 0 Å². The fourth-order valence-corrected chi connectivity index (χ4v) is 1.62. The average molecular weight is 324 g/mol. The zero-order valence-electron chi connectivity index (χ0n) is 9.87. The Hall–Kier alpha value is -0.720. The molecular formula is C12H16BrF2NO2. The highest BCUT2D eigenvalue weighted by Crippen LogP contribution is 2.17. The number of rotatable bonds is 9. The molecule has 0 aliphatic carbocycles. The van der Waals surface area contributed by atoms with Gasteiger partial charge in [-0.3, -0.25) is 0 Å². The van der Waals surface area contributed by atoms with E-state index in [1.807, 2.05) is 24.3 Å². The van der Waals surface area contributed by atoms with Crippen LogP contribution in [-0.4, -0.2) is 39.3 Å². The molecule has 1 aromatic carbocycles. The van der Waals surface area contributed by atoms with Crippen molar-refractivity contribution in [1.82, 2.24) is 5.32 Å². The molecule has 0 heterocycles. The van der Waals surface area contributed by atoms with Gasteiger partial charge in [0, 0.05) is 17.6 Å². The monoisotopic (exact) mass is 323 g/mol. The summed E-state index contributed by atoms with van der Waals surface area (Å²) in [4.78, 5) is 0. The Morgan fingerprint density at radius 3 is 2.72 bits per heavy atom. The van der Waals surface area contributed by atoms with E-state index in [4.69, 9.17) is 9.47 Å². The van der Waals surface area contributed by atoms with E-state index in [9.17, 15) is 8.78 Å². The van der Waals surface area contributed by atoms with Crippen molar-refractivity contribution in [3.8, 4) is 5.75 Å². The van der Waals surface area contributed by atoms with E-state index in [2.05, 4.69) is 21.2 Å². The Balaban J connectivity index is 1.96. The highest BCUT2D eigenvalue weighted by molar-refractivity contribution is 9.10. The Labute approximate surface area is 114 Å². The molecule has 6 heteroatoms. The Morgan fingerprint density at radius 1 is 1.22 bits per heavy atom. The van der Waals surface area contributed by atoms with Gasteiger partial charge in [-0.25, -0.2) is 8.78 Å². The van der Waals surface area contributed by atoms with Gasteiger partial charge in [0.15, 0.2) is 0 Å². The van der Waals surface area contributed by atoms with Gasteiger partial charge in [-0.15, -0.1) is 0 Å². The summed E-state index contributed by atoms with van der Waals surface area (Å²) < 4.78 is 34.6. The largest absolute Gasteiger partial charge is 0.492 e. The quantitative estimate of drug-likeness (QED) is 0.709. The van der Waals surface area contributed by atoms with Crippen LogP contribution in [0.5, 0.6) is 5.75 Å². The second kappa shape index (κ2) is 9.24. The van der Waals surface area contributed by atoms with E-state index in [1.54, 1.807) is 0 Å². The van der Waals surface area contributed by atoms with Crippen LogP contribution >= 0.6 is 15.9 Å². The zero-order valence-corrected chi connectivity index (χ0v) is 11.5. The third-order valence-electron chi connectivity index (χ3n) is 2.01. The van der Waals surface area contributed by atoms with Gasteiger partial charge in [0.05, 0.1) is 6.61 Å². The molecule has 1 N–H and O–H groups in total. The van der Waals surface area contributed by atoms with Crippen LogP contribution in [0.1, 0.15) is 0 Å². The van der Waals surface area contributed by atoms with Gasteiger partial charge in [0.2, 0.25) is 0 Å². The smallest absolute Gasteiger partial charge is 0.261 e. The van der Waals surface area contributed by atoms with Gasteiger partial charge in [-0.05, 0) is 18.2 Å². The Bertz CT molecular complexity index is 340. The zero-order chi connectivity index (χ0) is 13.2. The van der Waals surface area contributed by atoms with E-state index in [1.165, 1.54) is 0 Å². The fourth-order valence-electron chi connectivity index (χ4n) is 1.24. The van der Waals surface area contributed by atoms with Crippen LogP contribution in [-0.2, 0) is 4.74 Å². The Morgan fingerprint density at radius 2 is 2.00 bits per heavy atom. The molecule has 0 amide bonds. The first kappa shape index (κ1) is 15.3. The number of alkyl halides is 2. The minimum Gasteiger partial charge on any atom is -0.492 e. The molecular weight excluding hydrogens is 308 g/mol. The lowest BCUT2D eigenvalue weighted by molar-refractivity contribution is 0.0186. The van der Waals surface area contributed by atoms with Crippen molar-refractivity contribution in [3.63, 3.8) is 0 Å². The van der Waals surface area contributed by atoms with Crippen LogP contribution < -0.4 is 10.1 Å². The van der Waals surface area contributed by atoms with Crippen molar-refractivity contribution in [2.45, 2.75) is 6.43 Å². The number of halogens is 3. The highest BCUT2D eigenvalue weighted by atomic mass is 79.9. The summed E-state index contributed by atoms with van der Waals surface area (Å²) in [5.41, 5.74) is 0. The number of benzene rings is 1. The summed E-state index contributed by atoms with van der Waals surface area (Å²) in [6, 6.07) is 7.57. The van der Waals surface area contributed by atoms with Crippen molar-refractivity contribution in [1.29, 1.82) is 0 Å². The van der Waals surface area contributed by atoms with Crippen LogP contribution in [0, 0.1) is 0 Å². The lowest BCUT2D eigenvalue weighted by Crippen LogP contribution is -2.25. The number of hydrogen-bond donors (Lipinski definition) is 1. The van der Waals surface area contributed by atoms with Gasteiger partial charge in [-0.1, -0.05) is 22.0 Å². The van der Waals surface area contributed by atoms with E-state index < -0.39 is 13.0 Å². The third kappa shape index (κ3) is 7.58. The minimum absolute atomic E-state index is 0.279. The summed E-state index contributed by atoms with van der Waals surface area (Å²) in [7, 11) is 0. The van der Waals surface area contributed by atoms with E-state index in [0.29, 0.717) is 19.7 Å². The predicted molar refractivity (Wildman–Crippen MR) is 69.3 cm³/mol. The maximum Gasteiger partial charge on any atom is 0.261 e. The molecule has 0 fully saturated rings. The molecule has 0 saturated carbocycles. The molecule has 1 aromatic rings. The topological polar surface area (TPSA) is 30.5 Å². The first-order valence-corrected chi connectivity index (χ1v) is 6.43. The predicted octanol–water partition coefficient (Wildman–Crippen LogP) is 2.70. The van der Waals surface area contributed by atoms with Crippen molar-refractivity contribution in [2.24, 2.45) is 0 Å². The number of nitrogens with one attached hydrogen (secondary N) is 1. The van der Waals surface area contributed by atoms with Crippen LogP contribution in [0.15, 0.2) is 28.7 Å². The van der Waals surface area contributed by atoms with Gasteiger partial charge < -0.3 is 14.8 Å². The van der Waals surface area contributed by atoms with Crippen LogP contribution in [0.4, 0.5) is 8.78 Å². The second-order valence-corrected chi connectivity index (χ2v) is 4.44. The van der Waals surface area contributed by atoms with Gasteiger partial charge in [-0.2, -0.15) is 0 Å². The van der Waals surface area contributed by atoms with Gasteiger partial charge >= 0.3 is 0 Å². The summed E-state index contributed by atoms with van der Waals surface area (Å²) in [6.07, 6.45) is -2.40. The normalized spacial score (nSPS) is 10.9. The Kier molecular flexibility index (Phi) is 7.88.